The first-order chi connectivity index (χ1) is 8.18. The molecule has 0 saturated carbocycles. The molecule has 92 valence electrons. The molecular weight excluding hydrogens is 218 g/mol. The van der Waals surface area contributed by atoms with Crippen molar-refractivity contribution in [3.8, 4) is 0 Å². The minimum absolute atomic E-state index is 0.376. The summed E-state index contributed by atoms with van der Waals surface area (Å²) in [5, 5.41) is 5.74. The summed E-state index contributed by atoms with van der Waals surface area (Å²) in [5.74, 6) is 0.376. The van der Waals surface area contributed by atoms with Gasteiger partial charge in [-0.2, -0.15) is 0 Å². The standard InChI is InChI=1S/C12H17N3O2/c1-2-3-4-9-10(13)15-11(16)17-12(9)5-7-14-8-6-12/h2-4,14H,1,5-8,13H2,(H,15,16)/b4-3-. The highest BCUT2D eigenvalue weighted by molar-refractivity contribution is 5.73. The number of allylic oxidation sites excluding steroid dienone is 2. The van der Waals surface area contributed by atoms with Crippen molar-refractivity contribution >= 4 is 6.09 Å². The lowest BCUT2D eigenvalue weighted by Crippen LogP contribution is -2.53. The first-order valence-corrected chi connectivity index (χ1v) is 5.68. The predicted octanol–water partition coefficient (Wildman–Crippen LogP) is 0.761. The molecule has 2 aliphatic rings. The molecule has 0 radical (unpaired) electrons. The molecule has 1 spiro atoms. The van der Waals surface area contributed by atoms with Gasteiger partial charge in [0.2, 0.25) is 0 Å². The number of nitrogens with one attached hydrogen (secondary N) is 2. The Kier molecular flexibility index (Phi) is 3.19. The zero-order chi connectivity index (χ0) is 12.3. The molecule has 0 aromatic rings. The van der Waals surface area contributed by atoms with E-state index in [1.165, 1.54) is 0 Å². The largest absolute Gasteiger partial charge is 0.438 e. The second-order valence-corrected chi connectivity index (χ2v) is 4.18. The van der Waals surface area contributed by atoms with E-state index in [-0.39, 0.29) is 0 Å². The van der Waals surface area contributed by atoms with Gasteiger partial charge >= 0.3 is 6.09 Å². The van der Waals surface area contributed by atoms with Crippen molar-refractivity contribution in [2.75, 3.05) is 13.1 Å². The smallest absolute Gasteiger partial charge is 0.413 e. The van der Waals surface area contributed by atoms with Gasteiger partial charge in [-0.3, -0.25) is 5.32 Å². The highest BCUT2D eigenvalue weighted by atomic mass is 16.6. The number of amides is 1. The Morgan fingerprint density at radius 1 is 1.41 bits per heavy atom. The fraction of sp³-hybridized carbons (Fsp3) is 0.417. The molecule has 2 aliphatic heterocycles. The number of ether oxygens (including phenoxy) is 1. The van der Waals surface area contributed by atoms with Crippen LogP contribution in [0.2, 0.25) is 0 Å². The van der Waals surface area contributed by atoms with Gasteiger partial charge in [-0.25, -0.2) is 4.79 Å². The van der Waals surface area contributed by atoms with Gasteiger partial charge in [0.15, 0.2) is 0 Å². The van der Waals surface area contributed by atoms with Crippen LogP contribution < -0.4 is 16.4 Å². The number of alkyl carbamates (subject to hydrolysis) is 1. The first-order valence-electron chi connectivity index (χ1n) is 5.68. The summed E-state index contributed by atoms with van der Waals surface area (Å²) < 4.78 is 5.48. The SMILES string of the molecule is C=C/C=C\C1=C(N)NC(=O)OC12CCNCC2. The van der Waals surface area contributed by atoms with Crippen molar-refractivity contribution in [1.29, 1.82) is 0 Å². The normalized spacial score (nSPS) is 23.6. The Hall–Kier alpha value is -1.75. The highest BCUT2D eigenvalue weighted by Gasteiger charge is 2.43. The fourth-order valence-electron chi connectivity index (χ4n) is 2.29. The predicted molar refractivity (Wildman–Crippen MR) is 65.0 cm³/mol. The van der Waals surface area contributed by atoms with Gasteiger partial charge in [0.25, 0.3) is 0 Å². The van der Waals surface area contributed by atoms with Gasteiger partial charge < -0.3 is 15.8 Å². The fourth-order valence-corrected chi connectivity index (χ4v) is 2.29. The van der Waals surface area contributed by atoms with E-state index in [1.807, 2.05) is 6.08 Å². The molecule has 0 aromatic heterocycles. The summed E-state index contributed by atoms with van der Waals surface area (Å²) in [4.78, 5) is 11.5. The third-order valence-corrected chi connectivity index (χ3v) is 3.12. The summed E-state index contributed by atoms with van der Waals surface area (Å²) >= 11 is 0. The van der Waals surface area contributed by atoms with Gasteiger partial charge in [-0.15, -0.1) is 0 Å². The van der Waals surface area contributed by atoms with Crippen LogP contribution in [0, 0.1) is 0 Å². The molecule has 0 aliphatic carbocycles. The lowest BCUT2D eigenvalue weighted by molar-refractivity contribution is 0.0115. The number of rotatable bonds is 2. The third kappa shape index (κ3) is 2.19. The van der Waals surface area contributed by atoms with Crippen LogP contribution in [0.15, 0.2) is 36.2 Å². The van der Waals surface area contributed by atoms with Gasteiger partial charge in [-0.1, -0.05) is 24.8 Å². The zero-order valence-corrected chi connectivity index (χ0v) is 9.66. The van der Waals surface area contributed by atoms with Crippen LogP contribution in [0.5, 0.6) is 0 Å². The van der Waals surface area contributed by atoms with E-state index in [0.717, 1.165) is 31.5 Å². The van der Waals surface area contributed by atoms with E-state index >= 15 is 0 Å². The molecule has 4 N–H and O–H groups in total. The Morgan fingerprint density at radius 3 is 2.76 bits per heavy atom. The van der Waals surface area contributed by atoms with Crippen LogP contribution in [-0.2, 0) is 4.74 Å². The zero-order valence-electron chi connectivity index (χ0n) is 9.66. The summed E-state index contributed by atoms with van der Waals surface area (Å²) in [7, 11) is 0. The molecule has 0 aromatic carbocycles. The highest BCUT2D eigenvalue weighted by Crippen LogP contribution is 2.35. The van der Waals surface area contributed by atoms with E-state index in [4.69, 9.17) is 10.5 Å². The minimum Gasteiger partial charge on any atom is -0.438 e. The molecule has 1 amide bonds. The number of nitrogens with two attached hydrogens (primary N) is 1. The van der Waals surface area contributed by atoms with Gasteiger partial charge in [0.1, 0.15) is 11.4 Å². The summed E-state index contributed by atoms with van der Waals surface area (Å²) in [5.41, 5.74) is 6.12. The molecule has 0 unspecified atom stereocenters. The average molecular weight is 235 g/mol. The van der Waals surface area contributed by atoms with Gasteiger partial charge in [-0.05, 0) is 13.1 Å². The minimum atomic E-state index is -0.586. The number of hydrogen-bond acceptors (Lipinski definition) is 4. The molecule has 1 saturated heterocycles. The van der Waals surface area contributed by atoms with E-state index in [9.17, 15) is 4.79 Å². The molecule has 0 atom stereocenters. The van der Waals surface area contributed by atoms with E-state index in [1.54, 1.807) is 12.2 Å². The molecular formula is C12H17N3O2. The second kappa shape index (κ2) is 4.63. The average Bonchev–Trinajstić information content (AvgIpc) is 2.29. The van der Waals surface area contributed by atoms with E-state index in [0.29, 0.717) is 5.82 Å². The lowest BCUT2D eigenvalue weighted by atomic mass is 9.83. The van der Waals surface area contributed by atoms with Crippen LogP contribution in [0.25, 0.3) is 0 Å². The van der Waals surface area contributed by atoms with Crippen molar-refractivity contribution in [2.45, 2.75) is 18.4 Å². The van der Waals surface area contributed by atoms with Crippen LogP contribution in [-0.4, -0.2) is 24.8 Å². The van der Waals surface area contributed by atoms with Crippen molar-refractivity contribution in [3.63, 3.8) is 0 Å². The van der Waals surface area contributed by atoms with Crippen LogP contribution >= 0.6 is 0 Å². The molecule has 2 rings (SSSR count). The van der Waals surface area contributed by atoms with Crippen molar-refractivity contribution < 1.29 is 9.53 Å². The maximum Gasteiger partial charge on any atom is 0.413 e. The maximum atomic E-state index is 11.5. The third-order valence-electron chi connectivity index (χ3n) is 3.12. The summed E-state index contributed by atoms with van der Waals surface area (Å²) in [6.45, 7) is 5.25. The molecule has 5 nitrogen and oxygen atoms in total. The van der Waals surface area contributed by atoms with E-state index < -0.39 is 11.7 Å². The van der Waals surface area contributed by atoms with Crippen molar-refractivity contribution in [3.05, 3.63) is 36.2 Å². The molecule has 5 heteroatoms. The number of hydrogen-bond donors (Lipinski definition) is 3. The molecule has 2 heterocycles. The molecule has 0 bridgehead atoms. The van der Waals surface area contributed by atoms with Crippen LogP contribution in [0.4, 0.5) is 4.79 Å². The van der Waals surface area contributed by atoms with E-state index in [2.05, 4.69) is 17.2 Å². The second-order valence-electron chi connectivity index (χ2n) is 4.18. The number of carbonyl (C=O) groups excluding carboxylic acids is 1. The Bertz CT molecular complexity index is 393. The van der Waals surface area contributed by atoms with Crippen LogP contribution in [0.1, 0.15) is 12.8 Å². The first kappa shape index (κ1) is 11.7. The molecule has 1 fully saturated rings. The Labute approximate surface area is 100 Å². The number of carbonyl (C=O) groups is 1. The van der Waals surface area contributed by atoms with Crippen molar-refractivity contribution in [1.82, 2.24) is 10.6 Å². The topological polar surface area (TPSA) is 76.4 Å². The summed E-state index contributed by atoms with van der Waals surface area (Å²) in [6.07, 6.45) is 6.32. The Balaban J connectivity index is 2.38. The quantitative estimate of drug-likeness (QED) is 0.618. The van der Waals surface area contributed by atoms with Gasteiger partial charge in [0, 0.05) is 18.4 Å². The van der Waals surface area contributed by atoms with Crippen LogP contribution in [0.3, 0.4) is 0 Å². The number of piperidine rings is 1. The van der Waals surface area contributed by atoms with Crippen molar-refractivity contribution in [2.24, 2.45) is 5.73 Å². The molecule has 17 heavy (non-hydrogen) atoms. The summed E-state index contributed by atoms with van der Waals surface area (Å²) in [6, 6.07) is 0. The monoisotopic (exact) mass is 235 g/mol. The Morgan fingerprint density at radius 2 is 2.12 bits per heavy atom. The lowest BCUT2D eigenvalue weighted by Gasteiger charge is -2.41. The maximum absolute atomic E-state index is 11.5. The van der Waals surface area contributed by atoms with Gasteiger partial charge in [0.05, 0.1) is 0 Å².